The van der Waals surface area contributed by atoms with Crippen molar-refractivity contribution in [2.75, 3.05) is 18.9 Å². The minimum Gasteiger partial charge on any atom is -0.382 e. The molecule has 3 heterocycles. The van der Waals surface area contributed by atoms with E-state index in [9.17, 15) is 4.79 Å². The lowest BCUT2D eigenvalue weighted by Gasteiger charge is -2.38. The predicted molar refractivity (Wildman–Crippen MR) is 114 cm³/mol. The molecular weight excluding hydrogens is 421 g/mol. The molecule has 2 N–H and O–H groups in total. The molecule has 1 aliphatic heterocycles. The molecule has 1 amide bonds. The van der Waals surface area contributed by atoms with Crippen LogP contribution < -0.4 is 5.73 Å². The van der Waals surface area contributed by atoms with Crippen molar-refractivity contribution in [1.29, 1.82) is 0 Å². The summed E-state index contributed by atoms with van der Waals surface area (Å²) in [7, 11) is 0. The Kier molecular flexibility index (Phi) is 3.97. The summed E-state index contributed by atoms with van der Waals surface area (Å²) >= 11 is 6.15. The molecule has 1 fully saturated rings. The number of nitrogen functional groups attached to an aromatic ring is 1. The molecule has 4 aromatic rings. The van der Waals surface area contributed by atoms with Crippen molar-refractivity contribution in [2.24, 2.45) is 0 Å². The first kappa shape index (κ1) is 18.5. The molecule has 1 saturated heterocycles. The predicted octanol–water partition coefficient (Wildman–Crippen LogP) is 3.40. The average molecular weight is 438 g/mol. The van der Waals surface area contributed by atoms with E-state index in [-0.39, 0.29) is 29.4 Å². The lowest BCUT2D eigenvalue weighted by molar-refractivity contribution is -0.0517. The molecule has 9 heteroatoms. The molecule has 0 radical (unpaired) electrons. The molecule has 0 unspecified atom stereocenters. The Hall–Kier alpha value is -3.23. The van der Waals surface area contributed by atoms with Crippen molar-refractivity contribution in [2.45, 2.75) is 18.6 Å². The Morgan fingerprint density at radius 1 is 1.26 bits per heavy atom. The number of anilines is 1. The zero-order valence-electron chi connectivity index (χ0n) is 16.3. The number of aromatic nitrogens is 3. The number of morpholine rings is 1. The van der Waals surface area contributed by atoms with Gasteiger partial charge < -0.3 is 15.4 Å². The van der Waals surface area contributed by atoms with Crippen LogP contribution >= 0.6 is 11.6 Å². The number of imidazole rings is 1. The second kappa shape index (κ2) is 6.63. The molecule has 7 nitrogen and oxygen atoms in total. The van der Waals surface area contributed by atoms with Crippen LogP contribution in [0.3, 0.4) is 0 Å². The van der Waals surface area contributed by atoms with E-state index in [1.54, 1.807) is 21.8 Å². The highest BCUT2D eigenvalue weighted by Gasteiger charge is 2.42. The maximum atomic E-state index is 15.1. The minimum atomic E-state index is -0.638. The molecule has 0 spiro atoms. The van der Waals surface area contributed by atoms with Crippen molar-refractivity contribution in [1.82, 2.24) is 19.3 Å². The van der Waals surface area contributed by atoms with Crippen molar-refractivity contribution in [3.05, 3.63) is 70.4 Å². The molecule has 2 aromatic carbocycles. The highest BCUT2D eigenvalue weighted by atomic mass is 35.5. The number of carbonyl (C=O) groups is 1. The fourth-order valence-corrected chi connectivity index (χ4v) is 4.97. The van der Waals surface area contributed by atoms with Crippen molar-refractivity contribution in [3.8, 4) is 0 Å². The van der Waals surface area contributed by atoms with Crippen LogP contribution in [0.1, 0.15) is 27.5 Å². The first-order valence-corrected chi connectivity index (χ1v) is 10.3. The smallest absolute Gasteiger partial charge is 0.257 e. The number of benzene rings is 2. The van der Waals surface area contributed by atoms with Gasteiger partial charge in [-0.05, 0) is 29.3 Å². The summed E-state index contributed by atoms with van der Waals surface area (Å²) in [5.74, 6) is -0.771. The number of nitrogens with two attached hydrogens (primary N) is 1. The number of halogens is 2. The SMILES string of the molecule is Nc1nc2cc(F)c(C(=O)N3CCO[C@@H]4Cc5cc(Cl)ccc5[C@@H]43)cc2n2cncc12. The van der Waals surface area contributed by atoms with Gasteiger partial charge in [0.05, 0.1) is 47.9 Å². The fraction of sp³-hybridized carbons (Fsp3) is 0.227. The number of hydrogen-bond acceptors (Lipinski definition) is 5. The maximum absolute atomic E-state index is 15.1. The monoisotopic (exact) mass is 437 g/mol. The van der Waals surface area contributed by atoms with Gasteiger partial charge >= 0.3 is 0 Å². The summed E-state index contributed by atoms with van der Waals surface area (Å²) < 4.78 is 22.7. The molecular formula is C22H17ClFN5O2. The van der Waals surface area contributed by atoms with Crippen LogP contribution in [-0.2, 0) is 11.2 Å². The first-order valence-electron chi connectivity index (χ1n) is 9.93. The quantitative estimate of drug-likeness (QED) is 0.493. The lowest BCUT2D eigenvalue weighted by Crippen LogP contribution is -2.46. The average Bonchev–Trinajstić information content (AvgIpc) is 3.37. The van der Waals surface area contributed by atoms with Gasteiger partial charge in [-0.15, -0.1) is 0 Å². The van der Waals surface area contributed by atoms with Crippen molar-refractivity contribution in [3.63, 3.8) is 0 Å². The zero-order chi connectivity index (χ0) is 21.3. The van der Waals surface area contributed by atoms with Crippen LogP contribution in [0.4, 0.5) is 10.2 Å². The van der Waals surface area contributed by atoms with Crippen LogP contribution in [0.15, 0.2) is 42.9 Å². The molecule has 0 bridgehead atoms. The van der Waals surface area contributed by atoms with E-state index in [1.165, 1.54) is 12.1 Å². The summed E-state index contributed by atoms with van der Waals surface area (Å²) in [5, 5.41) is 0.645. The number of ether oxygens (including phenoxy) is 1. The van der Waals surface area contributed by atoms with E-state index in [1.807, 2.05) is 18.2 Å². The van der Waals surface area contributed by atoms with Gasteiger partial charge in [-0.3, -0.25) is 9.20 Å². The van der Waals surface area contributed by atoms with Gasteiger partial charge in [-0.25, -0.2) is 14.4 Å². The van der Waals surface area contributed by atoms with Gasteiger partial charge in [0.1, 0.15) is 17.2 Å². The highest BCUT2D eigenvalue weighted by molar-refractivity contribution is 6.30. The van der Waals surface area contributed by atoms with Gasteiger partial charge in [-0.2, -0.15) is 0 Å². The minimum absolute atomic E-state index is 0.0165. The van der Waals surface area contributed by atoms with E-state index in [0.717, 1.165) is 11.1 Å². The standard InChI is InChI=1S/C22H17ClFN5O2/c23-12-1-2-13-11(5-12)6-19-20(13)28(3-4-31-19)22(30)14-7-17-16(8-15(14)24)27-21(25)18-9-26-10-29(17)18/h1-2,5,7-10,19-20H,3-4,6H2,(H2,25,27)/t19-,20+/m1/s1. The third-order valence-corrected chi connectivity index (χ3v) is 6.39. The van der Waals surface area contributed by atoms with E-state index in [0.29, 0.717) is 41.1 Å². The van der Waals surface area contributed by atoms with E-state index in [2.05, 4.69) is 9.97 Å². The summed E-state index contributed by atoms with van der Waals surface area (Å²) in [6.07, 6.45) is 3.66. The molecule has 1 aliphatic carbocycles. The Morgan fingerprint density at radius 2 is 2.13 bits per heavy atom. The van der Waals surface area contributed by atoms with Crippen LogP contribution in [-0.4, -0.2) is 44.4 Å². The van der Waals surface area contributed by atoms with Gasteiger partial charge in [0.2, 0.25) is 0 Å². The first-order chi connectivity index (χ1) is 15.0. The number of carbonyl (C=O) groups excluding carboxylic acids is 1. The second-order valence-corrected chi connectivity index (χ2v) is 8.30. The number of rotatable bonds is 1. The molecule has 0 saturated carbocycles. The Bertz CT molecular complexity index is 1390. The number of amides is 1. The summed E-state index contributed by atoms with van der Waals surface area (Å²) in [5.41, 5.74) is 9.51. The Labute approximate surface area is 181 Å². The maximum Gasteiger partial charge on any atom is 0.257 e. The van der Waals surface area contributed by atoms with Crippen molar-refractivity contribution < 1.29 is 13.9 Å². The van der Waals surface area contributed by atoms with Gasteiger partial charge in [0.25, 0.3) is 5.91 Å². The Morgan fingerprint density at radius 3 is 3.00 bits per heavy atom. The molecule has 2 atom stereocenters. The van der Waals surface area contributed by atoms with Crippen LogP contribution in [0.25, 0.3) is 16.6 Å². The van der Waals surface area contributed by atoms with Crippen LogP contribution in [0.2, 0.25) is 5.02 Å². The largest absolute Gasteiger partial charge is 0.382 e. The summed E-state index contributed by atoms with van der Waals surface area (Å²) in [6.45, 7) is 0.772. The van der Waals surface area contributed by atoms with Gasteiger partial charge in [0.15, 0.2) is 0 Å². The van der Waals surface area contributed by atoms with Gasteiger partial charge in [-0.1, -0.05) is 17.7 Å². The normalized spacial score (nSPS) is 20.3. The van der Waals surface area contributed by atoms with Gasteiger partial charge in [0, 0.05) is 24.1 Å². The topological polar surface area (TPSA) is 85.8 Å². The van der Waals surface area contributed by atoms with Crippen LogP contribution in [0.5, 0.6) is 0 Å². The third-order valence-electron chi connectivity index (χ3n) is 6.15. The van der Waals surface area contributed by atoms with E-state index < -0.39 is 5.82 Å². The molecule has 2 aromatic heterocycles. The number of hydrogen-bond donors (Lipinski definition) is 1. The highest BCUT2D eigenvalue weighted by Crippen LogP contribution is 2.41. The van der Waals surface area contributed by atoms with Crippen molar-refractivity contribution >= 4 is 39.9 Å². The van der Waals surface area contributed by atoms with Crippen LogP contribution in [0, 0.1) is 5.82 Å². The Balaban J connectivity index is 1.47. The molecule has 31 heavy (non-hydrogen) atoms. The third kappa shape index (κ3) is 2.72. The fourth-order valence-electron chi connectivity index (χ4n) is 4.77. The lowest BCUT2D eigenvalue weighted by atomic mass is 10.0. The zero-order valence-corrected chi connectivity index (χ0v) is 17.0. The number of fused-ring (bicyclic) bond motifs is 6. The molecule has 156 valence electrons. The molecule has 6 rings (SSSR count). The second-order valence-electron chi connectivity index (χ2n) is 7.87. The molecule has 2 aliphatic rings. The van der Waals surface area contributed by atoms with E-state index >= 15 is 4.39 Å². The van der Waals surface area contributed by atoms with E-state index in [4.69, 9.17) is 22.1 Å². The number of nitrogens with zero attached hydrogens (tertiary/aromatic N) is 4. The summed E-state index contributed by atoms with van der Waals surface area (Å²) in [4.78, 5) is 23.6. The summed E-state index contributed by atoms with van der Waals surface area (Å²) in [6, 6.07) is 8.14.